The predicted molar refractivity (Wildman–Crippen MR) is 138 cm³/mol. The Bertz CT molecular complexity index is 1230. The van der Waals surface area contributed by atoms with Gasteiger partial charge >= 0.3 is 0 Å². The first-order chi connectivity index (χ1) is 17.6. The highest BCUT2D eigenvalue weighted by molar-refractivity contribution is 6.01. The molecule has 6 heteroatoms. The average molecular weight is 482 g/mol. The van der Waals surface area contributed by atoms with Gasteiger partial charge in [0.15, 0.2) is 0 Å². The third kappa shape index (κ3) is 5.03. The van der Waals surface area contributed by atoms with E-state index in [0.29, 0.717) is 38.0 Å². The van der Waals surface area contributed by atoms with E-state index in [1.54, 1.807) is 9.80 Å². The highest BCUT2D eigenvalue weighted by Crippen LogP contribution is 2.29. The van der Waals surface area contributed by atoms with Crippen LogP contribution in [0.4, 0.5) is 0 Å². The van der Waals surface area contributed by atoms with Gasteiger partial charge in [0.05, 0.1) is 0 Å². The molecule has 5 rings (SSSR count). The van der Waals surface area contributed by atoms with Crippen LogP contribution in [0.2, 0.25) is 0 Å². The second-order valence-electron chi connectivity index (χ2n) is 9.54. The summed E-state index contributed by atoms with van der Waals surface area (Å²) in [6.45, 7) is 1.33. The fourth-order valence-corrected chi connectivity index (χ4v) is 5.26. The van der Waals surface area contributed by atoms with Crippen molar-refractivity contribution >= 4 is 17.7 Å². The normalized spacial score (nSPS) is 18.5. The van der Waals surface area contributed by atoms with E-state index < -0.39 is 12.1 Å². The Morgan fingerprint density at radius 3 is 2.25 bits per heavy atom. The van der Waals surface area contributed by atoms with E-state index in [9.17, 15) is 14.4 Å². The van der Waals surface area contributed by atoms with Crippen LogP contribution in [0.3, 0.4) is 0 Å². The molecule has 0 aliphatic carbocycles. The van der Waals surface area contributed by atoms with Crippen LogP contribution < -0.4 is 5.32 Å². The topological polar surface area (TPSA) is 69.7 Å². The minimum absolute atomic E-state index is 0.0982. The van der Waals surface area contributed by atoms with E-state index in [2.05, 4.69) is 5.32 Å². The molecule has 0 aromatic heterocycles. The maximum Gasteiger partial charge on any atom is 0.255 e. The molecule has 2 atom stereocenters. The van der Waals surface area contributed by atoms with Gasteiger partial charge in [-0.15, -0.1) is 0 Å². The van der Waals surface area contributed by atoms with Crippen LogP contribution in [-0.2, 0) is 29.1 Å². The number of amides is 3. The van der Waals surface area contributed by atoms with Crippen molar-refractivity contribution in [2.75, 3.05) is 6.54 Å². The van der Waals surface area contributed by atoms with Crippen molar-refractivity contribution in [3.63, 3.8) is 0 Å². The number of nitrogens with one attached hydrogen (secondary N) is 1. The van der Waals surface area contributed by atoms with Gasteiger partial charge in [-0.1, -0.05) is 78.9 Å². The van der Waals surface area contributed by atoms with Crippen molar-refractivity contribution in [2.24, 2.45) is 0 Å². The predicted octanol–water partition coefficient (Wildman–Crippen LogP) is 3.95. The quantitative estimate of drug-likeness (QED) is 0.556. The number of carbonyl (C=O) groups is 3. The Kier molecular flexibility index (Phi) is 7.12. The number of likely N-dealkylation sites (tertiary alicyclic amines) is 1. The number of benzene rings is 3. The fraction of sp³-hybridized carbons (Fsp3) is 0.300. The van der Waals surface area contributed by atoms with Gasteiger partial charge in [0, 0.05) is 31.6 Å². The molecular formula is C30H31N3O3. The molecule has 3 aromatic carbocycles. The zero-order valence-corrected chi connectivity index (χ0v) is 20.3. The molecule has 36 heavy (non-hydrogen) atoms. The molecular weight excluding hydrogens is 450 g/mol. The van der Waals surface area contributed by atoms with Gasteiger partial charge in [-0.3, -0.25) is 14.4 Å². The van der Waals surface area contributed by atoms with E-state index >= 15 is 0 Å². The van der Waals surface area contributed by atoms with Crippen molar-refractivity contribution in [3.8, 4) is 0 Å². The summed E-state index contributed by atoms with van der Waals surface area (Å²) in [4.78, 5) is 44.2. The van der Waals surface area contributed by atoms with Crippen LogP contribution in [0.5, 0.6) is 0 Å². The summed E-state index contributed by atoms with van der Waals surface area (Å²) in [6, 6.07) is 25.9. The second kappa shape index (κ2) is 10.8. The number of hydrogen-bond acceptors (Lipinski definition) is 3. The molecule has 1 N–H and O–H groups in total. The molecule has 2 aliphatic rings. The minimum Gasteiger partial charge on any atom is -0.350 e. The molecule has 2 heterocycles. The third-order valence-electron chi connectivity index (χ3n) is 7.18. The van der Waals surface area contributed by atoms with Crippen molar-refractivity contribution in [1.82, 2.24) is 15.1 Å². The van der Waals surface area contributed by atoms with Gasteiger partial charge in [0.1, 0.15) is 12.1 Å². The van der Waals surface area contributed by atoms with Crippen molar-refractivity contribution in [1.29, 1.82) is 0 Å². The monoisotopic (exact) mass is 481 g/mol. The maximum atomic E-state index is 14.0. The molecule has 3 aromatic rings. The number of nitrogens with zero attached hydrogens (tertiary/aromatic N) is 2. The first-order valence-corrected chi connectivity index (χ1v) is 12.7. The molecule has 0 bridgehead atoms. The van der Waals surface area contributed by atoms with Crippen molar-refractivity contribution in [2.45, 2.75) is 50.9 Å². The number of fused-ring (bicyclic) bond motifs is 1. The van der Waals surface area contributed by atoms with Gasteiger partial charge in [-0.25, -0.2) is 0 Å². The largest absolute Gasteiger partial charge is 0.350 e. The summed E-state index contributed by atoms with van der Waals surface area (Å²) >= 11 is 0. The number of hydrogen-bond donors (Lipinski definition) is 1. The van der Waals surface area contributed by atoms with Gasteiger partial charge < -0.3 is 15.1 Å². The van der Waals surface area contributed by atoms with Crippen LogP contribution in [0.1, 0.15) is 46.3 Å². The second-order valence-corrected chi connectivity index (χ2v) is 9.54. The lowest BCUT2D eigenvalue weighted by molar-refractivity contribution is -0.143. The smallest absolute Gasteiger partial charge is 0.255 e. The third-order valence-corrected chi connectivity index (χ3v) is 7.18. The van der Waals surface area contributed by atoms with Gasteiger partial charge in [-0.2, -0.15) is 0 Å². The van der Waals surface area contributed by atoms with Crippen LogP contribution in [0, 0.1) is 0 Å². The summed E-state index contributed by atoms with van der Waals surface area (Å²) in [5.74, 6) is -0.406. The lowest BCUT2D eigenvalue weighted by Crippen LogP contribution is -2.55. The summed E-state index contributed by atoms with van der Waals surface area (Å²) in [6.07, 6.45) is 2.66. The van der Waals surface area contributed by atoms with E-state index in [-0.39, 0.29) is 17.7 Å². The molecule has 0 unspecified atom stereocenters. The van der Waals surface area contributed by atoms with Gasteiger partial charge in [0.2, 0.25) is 11.8 Å². The Morgan fingerprint density at radius 1 is 0.861 bits per heavy atom. The average Bonchev–Trinajstić information content (AvgIpc) is 3.13. The van der Waals surface area contributed by atoms with Crippen molar-refractivity contribution < 1.29 is 14.4 Å². The fourth-order valence-electron chi connectivity index (χ4n) is 5.26. The first kappa shape index (κ1) is 23.8. The molecule has 1 fully saturated rings. The van der Waals surface area contributed by atoms with E-state index in [1.807, 2.05) is 84.9 Å². The SMILES string of the molecule is O=C(NCc1ccccc1)[C@@H](Cc1ccccc1)N1CCCC[C@H](N2Cc3ccccc3C2=O)C1=O. The molecule has 0 spiro atoms. The van der Waals surface area contributed by atoms with Crippen LogP contribution in [0.15, 0.2) is 84.9 Å². The Hall–Kier alpha value is -3.93. The van der Waals surface area contributed by atoms with Crippen LogP contribution >= 0.6 is 0 Å². The Labute approximate surface area is 211 Å². The standard InChI is InChI=1S/C30H31N3O3/c34-28(31-20-23-13-5-2-6-14-23)27(19-22-11-3-1-4-12-22)32-18-10-9-17-26(30(32)36)33-21-24-15-7-8-16-25(24)29(33)35/h1-8,11-16,26-27H,9-10,17-21H2,(H,31,34)/t26-,27+/m0/s1. The zero-order valence-electron chi connectivity index (χ0n) is 20.3. The number of carbonyl (C=O) groups excluding carboxylic acids is 3. The lowest BCUT2D eigenvalue weighted by atomic mass is 10.0. The maximum absolute atomic E-state index is 14.0. The molecule has 6 nitrogen and oxygen atoms in total. The van der Waals surface area contributed by atoms with E-state index in [0.717, 1.165) is 29.5 Å². The highest BCUT2D eigenvalue weighted by Gasteiger charge is 2.41. The summed E-state index contributed by atoms with van der Waals surface area (Å²) < 4.78 is 0. The summed E-state index contributed by atoms with van der Waals surface area (Å²) in [7, 11) is 0. The molecule has 1 saturated heterocycles. The van der Waals surface area contributed by atoms with E-state index in [4.69, 9.17) is 0 Å². The molecule has 3 amide bonds. The Balaban J connectivity index is 1.39. The van der Waals surface area contributed by atoms with Crippen LogP contribution in [0.25, 0.3) is 0 Å². The van der Waals surface area contributed by atoms with Crippen molar-refractivity contribution in [3.05, 3.63) is 107 Å². The molecule has 184 valence electrons. The van der Waals surface area contributed by atoms with Gasteiger partial charge in [-0.05, 0) is 42.0 Å². The summed E-state index contributed by atoms with van der Waals surface area (Å²) in [5, 5.41) is 3.05. The number of rotatable bonds is 7. The van der Waals surface area contributed by atoms with E-state index in [1.165, 1.54) is 0 Å². The van der Waals surface area contributed by atoms with Crippen LogP contribution in [-0.4, -0.2) is 46.1 Å². The molecule has 2 aliphatic heterocycles. The minimum atomic E-state index is -0.649. The zero-order chi connectivity index (χ0) is 24.9. The van der Waals surface area contributed by atoms with Gasteiger partial charge in [0.25, 0.3) is 5.91 Å². The Morgan fingerprint density at radius 2 is 1.53 bits per heavy atom. The molecule has 0 radical (unpaired) electrons. The summed E-state index contributed by atoms with van der Waals surface area (Å²) in [5.41, 5.74) is 3.62. The lowest BCUT2D eigenvalue weighted by Gasteiger charge is -2.34. The highest BCUT2D eigenvalue weighted by atomic mass is 16.2. The molecule has 0 saturated carbocycles. The first-order valence-electron chi connectivity index (χ1n) is 12.7.